The molecule has 0 atom stereocenters. The Morgan fingerprint density at radius 2 is 1.94 bits per heavy atom. The molecule has 0 amide bonds. The third-order valence-electron chi connectivity index (χ3n) is 1.74. The van der Waals surface area contributed by atoms with Crippen LogP contribution in [0.2, 0.25) is 0 Å². The first-order valence-corrected chi connectivity index (χ1v) is 5.15. The van der Waals surface area contributed by atoms with Gasteiger partial charge in [0.2, 0.25) is 0 Å². The first-order valence-electron chi connectivity index (χ1n) is 4.35. The molecule has 2 N–H and O–H groups in total. The molecule has 0 unspecified atom stereocenters. The second-order valence-corrected chi connectivity index (χ2v) is 3.89. The first kappa shape index (κ1) is 10.8. The Kier molecular flexibility index (Phi) is 3.00. The minimum Gasteiger partial charge on any atom is -0.421 e. The lowest BCUT2D eigenvalue weighted by Gasteiger charge is -2.04. The maximum absolute atomic E-state index is 13.3. The average Bonchev–Trinajstić information content (AvgIpc) is 2.27. The molecule has 1 aromatic heterocycles. The van der Waals surface area contributed by atoms with Gasteiger partial charge < -0.3 is 10.5 Å². The molecule has 0 spiro atoms. The zero-order chi connectivity index (χ0) is 11.5. The van der Waals surface area contributed by atoms with Crippen molar-refractivity contribution < 1.29 is 9.13 Å². The van der Waals surface area contributed by atoms with Crippen LogP contribution in [0, 0.1) is 5.82 Å². The van der Waals surface area contributed by atoms with Crippen molar-refractivity contribution in [3.05, 3.63) is 40.9 Å². The zero-order valence-electron chi connectivity index (χ0n) is 8.02. The van der Waals surface area contributed by atoms with E-state index in [-0.39, 0.29) is 11.8 Å². The molecule has 0 fully saturated rings. The largest absolute Gasteiger partial charge is 0.421 e. The highest BCUT2D eigenvalue weighted by Crippen LogP contribution is 2.25. The van der Waals surface area contributed by atoms with Crippen LogP contribution in [0.25, 0.3) is 0 Å². The monoisotopic (exact) mass is 283 g/mol. The molecule has 0 radical (unpaired) electrons. The van der Waals surface area contributed by atoms with Gasteiger partial charge in [0, 0.05) is 4.47 Å². The Bertz CT molecular complexity index is 504. The number of rotatable bonds is 2. The topological polar surface area (TPSA) is 61.0 Å². The molecule has 2 rings (SSSR count). The van der Waals surface area contributed by atoms with Crippen LogP contribution >= 0.6 is 15.9 Å². The lowest BCUT2D eigenvalue weighted by Crippen LogP contribution is -1.95. The van der Waals surface area contributed by atoms with Gasteiger partial charge in [-0.3, -0.25) is 0 Å². The molecule has 1 heterocycles. The number of halogens is 2. The summed E-state index contributed by atoms with van der Waals surface area (Å²) >= 11 is 3.21. The number of nitrogens with two attached hydrogens (primary N) is 1. The van der Waals surface area contributed by atoms with Gasteiger partial charge in [0.15, 0.2) is 11.6 Å². The lowest BCUT2D eigenvalue weighted by atomic mass is 10.3. The van der Waals surface area contributed by atoms with Crippen LogP contribution in [0.15, 0.2) is 35.1 Å². The summed E-state index contributed by atoms with van der Waals surface area (Å²) in [5.74, 6) is -0.428. The van der Waals surface area contributed by atoms with E-state index in [0.717, 1.165) is 0 Å². The van der Waals surface area contributed by atoms with Crippen molar-refractivity contribution in [3.63, 3.8) is 0 Å². The van der Waals surface area contributed by atoms with Crippen molar-refractivity contribution >= 4 is 21.6 Å². The molecule has 1 aromatic carbocycles. The molecule has 4 nitrogen and oxygen atoms in total. The summed E-state index contributed by atoms with van der Waals surface area (Å²) in [6, 6.07) is 4.41. The van der Waals surface area contributed by atoms with E-state index in [1.807, 2.05) is 0 Å². The maximum atomic E-state index is 13.3. The quantitative estimate of drug-likeness (QED) is 0.921. The number of nitrogens with zero attached hydrogens (tertiary/aromatic N) is 2. The third-order valence-corrected chi connectivity index (χ3v) is 2.24. The molecule has 82 valence electrons. The summed E-state index contributed by atoms with van der Waals surface area (Å²) in [6.45, 7) is 0. The summed E-state index contributed by atoms with van der Waals surface area (Å²) in [5, 5.41) is 0. The summed E-state index contributed by atoms with van der Waals surface area (Å²) in [5.41, 5.74) is 5.83. The Labute approximate surface area is 99.4 Å². The molecule has 0 bridgehead atoms. The van der Waals surface area contributed by atoms with Gasteiger partial charge in [0.25, 0.3) is 0 Å². The predicted molar refractivity (Wildman–Crippen MR) is 60.6 cm³/mol. The number of hydrogen-bond acceptors (Lipinski definition) is 4. The number of benzene rings is 1. The number of nitrogen functional groups attached to an aromatic ring is 1. The van der Waals surface area contributed by atoms with Crippen LogP contribution < -0.4 is 10.5 Å². The second-order valence-electron chi connectivity index (χ2n) is 2.98. The third kappa shape index (κ3) is 2.46. The molecule has 0 saturated carbocycles. The molecule has 0 aliphatic heterocycles. The van der Waals surface area contributed by atoms with Crippen LogP contribution in [0.1, 0.15) is 0 Å². The fourth-order valence-electron chi connectivity index (χ4n) is 1.03. The Morgan fingerprint density at radius 3 is 2.62 bits per heavy atom. The van der Waals surface area contributed by atoms with Crippen LogP contribution in [0.5, 0.6) is 11.8 Å². The van der Waals surface area contributed by atoms with Crippen LogP contribution in [0.3, 0.4) is 0 Å². The van der Waals surface area contributed by atoms with E-state index in [9.17, 15) is 4.39 Å². The SMILES string of the molecule is Nc1cnc(Oc2cc(Br)ccc2F)nc1. The molecular weight excluding hydrogens is 277 g/mol. The highest BCUT2D eigenvalue weighted by atomic mass is 79.9. The molecule has 0 saturated heterocycles. The van der Waals surface area contributed by atoms with E-state index in [2.05, 4.69) is 25.9 Å². The minimum absolute atomic E-state index is 0.0474. The zero-order valence-corrected chi connectivity index (χ0v) is 9.61. The van der Waals surface area contributed by atoms with E-state index in [4.69, 9.17) is 10.5 Å². The summed E-state index contributed by atoms with van der Waals surface area (Å²) in [4.78, 5) is 7.61. The number of aromatic nitrogens is 2. The van der Waals surface area contributed by atoms with Gasteiger partial charge in [-0.15, -0.1) is 0 Å². The van der Waals surface area contributed by atoms with E-state index in [1.54, 1.807) is 6.07 Å². The number of ether oxygens (including phenoxy) is 1. The highest BCUT2D eigenvalue weighted by molar-refractivity contribution is 9.10. The Morgan fingerprint density at radius 1 is 1.25 bits per heavy atom. The van der Waals surface area contributed by atoms with Crippen molar-refractivity contribution in [2.24, 2.45) is 0 Å². The standard InChI is InChI=1S/C10H7BrFN3O/c11-6-1-2-8(12)9(3-6)16-10-14-4-7(13)5-15-10/h1-5H,13H2. The second kappa shape index (κ2) is 4.44. The summed E-state index contributed by atoms with van der Waals surface area (Å²) < 4.78 is 19.2. The number of anilines is 1. The van der Waals surface area contributed by atoms with Crippen LogP contribution in [0.4, 0.5) is 10.1 Å². The normalized spacial score (nSPS) is 10.1. The van der Waals surface area contributed by atoms with E-state index >= 15 is 0 Å². The maximum Gasteiger partial charge on any atom is 0.322 e. The van der Waals surface area contributed by atoms with Gasteiger partial charge in [-0.25, -0.2) is 14.4 Å². The molecule has 6 heteroatoms. The molecule has 16 heavy (non-hydrogen) atoms. The fraction of sp³-hybridized carbons (Fsp3) is 0. The highest BCUT2D eigenvalue weighted by Gasteiger charge is 2.06. The average molecular weight is 284 g/mol. The summed E-state index contributed by atoms with van der Waals surface area (Å²) in [7, 11) is 0. The van der Waals surface area contributed by atoms with Crippen molar-refractivity contribution in [2.75, 3.05) is 5.73 Å². The van der Waals surface area contributed by atoms with Crippen molar-refractivity contribution in [3.8, 4) is 11.8 Å². The van der Waals surface area contributed by atoms with E-state index < -0.39 is 5.82 Å². The van der Waals surface area contributed by atoms with Gasteiger partial charge in [0.1, 0.15) is 0 Å². The Balaban J connectivity index is 2.26. The minimum atomic E-state index is -0.483. The fourth-order valence-corrected chi connectivity index (χ4v) is 1.37. The van der Waals surface area contributed by atoms with Gasteiger partial charge in [-0.2, -0.15) is 0 Å². The Hall–Kier alpha value is -1.69. The smallest absolute Gasteiger partial charge is 0.322 e. The summed E-state index contributed by atoms with van der Waals surface area (Å²) in [6.07, 6.45) is 2.77. The van der Waals surface area contributed by atoms with Crippen molar-refractivity contribution in [1.82, 2.24) is 9.97 Å². The van der Waals surface area contributed by atoms with Gasteiger partial charge in [-0.1, -0.05) is 15.9 Å². The molecule has 2 aromatic rings. The van der Waals surface area contributed by atoms with Crippen LogP contribution in [-0.2, 0) is 0 Å². The van der Waals surface area contributed by atoms with E-state index in [1.165, 1.54) is 24.5 Å². The van der Waals surface area contributed by atoms with Gasteiger partial charge in [0.05, 0.1) is 18.1 Å². The first-order chi connectivity index (χ1) is 7.65. The van der Waals surface area contributed by atoms with E-state index in [0.29, 0.717) is 10.2 Å². The predicted octanol–water partition coefficient (Wildman–Crippen LogP) is 2.75. The molecular formula is C10H7BrFN3O. The van der Waals surface area contributed by atoms with Gasteiger partial charge in [-0.05, 0) is 18.2 Å². The molecule has 0 aliphatic carbocycles. The van der Waals surface area contributed by atoms with Crippen molar-refractivity contribution in [2.45, 2.75) is 0 Å². The number of hydrogen-bond donors (Lipinski definition) is 1. The van der Waals surface area contributed by atoms with Crippen LogP contribution in [-0.4, -0.2) is 9.97 Å². The lowest BCUT2D eigenvalue weighted by molar-refractivity contribution is 0.411. The molecule has 0 aliphatic rings. The van der Waals surface area contributed by atoms with Crippen molar-refractivity contribution in [1.29, 1.82) is 0 Å². The van der Waals surface area contributed by atoms with Gasteiger partial charge >= 0.3 is 6.01 Å².